The molecule has 1 heterocycles. The molecule has 2 nitrogen and oxygen atoms in total. The average Bonchev–Trinajstić information content (AvgIpc) is 2.65. The van der Waals surface area contributed by atoms with Gasteiger partial charge in [0.15, 0.2) is 0 Å². The van der Waals surface area contributed by atoms with Gasteiger partial charge in [0.25, 0.3) is 0 Å². The van der Waals surface area contributed by atoms with Gasteiger partial charge in [-0.05, 0) is 31.0 Å². The summed E-state index contributed by atoms with van der Waals surface area (Å²) in [6, 6.07) is 7.80. The zero-order chi connectivity index (χ0) is 12.8. The Balaban J connectivity index is 1.81. The molecule has 1 atom stereocenters. The Morgan fingerprint density at radius 3 is 2.61 bits per heavy atom. The maximum atomic E-state index is 10.2. The largest absolute Gasteiger partial charge is 0.377 e. The molecule has 0 amide bonds. The van der Waals surface area contributed by atoms with Crippen LogP contribution in [0.25, 0.3) is 0 Å². The van der Waals surface area contributed by atoms with Crippen molar-refractivity contribution >= 4 is 23.4 Å². The van der Waals surface area contributed by atoms with Gasteiger partial charge in [0.2, 0.25) is 0 Å². The monoisotopic (exact) mass is 285 g/mol. The zero-order valence-corrected chi connectivity index (χ0v) is 12.1. The molecule has 0 bridgehead atoms. The number of likely N-dealkylation sites (tertiary alicyclic amines) is 1. The lowest BCUT2D eigenvalue weighted by Gasteiger charge is -2.25. The van der Waals surface area contributed by atoms with E-state index in [-0.39, 0.29) is 6.23 Å². The standard InChI is InChI=1S/C14H20ClNOS/c15-12-6-5-7-13(10-12)18-11-14(17)16-8-3-1-2-4-9-16/h5-7,10,14,17H,1-4,8-9,11H2. The molecule has 0 spiro atoms. The molecule has 100 valence electrons. The first-order chi connectivity index (χ1) is 8.75. The van der Waals surface area contributed by atoms with Gasteiger partial charge in [-0.15, -0.1) is 11.8 Å². The van der Waals surface area contributed by atoms with E-state index in [0.29, 0.717) is 5.75 Å². The van der Waals surface area contributed by atoms with Crippen LogP contribution in [-0.4, -0.2) is 35.1 Å². The van der Waals surface area contributed by atoms with Crippen LogP contribution >= 0.6 is 23.4 Å². The first-order valence-electron chi connectivity index (χ1n) is 6.56. The topological polar surface area (TPSA) is 23.5 Å². The van der Waals surface area contributed by atoms with Gasteiger partial charge < -0.3 is 5.11 Å². The molecular formula is C14H20ClNOS. The van der Waals surface area contributed by atoms with Gasteiger partial charge in [0, 0.05) is 28.8 Å². The third kappa shape index (κ3) is 4.47. The molecule has 1 unspecified atom stereocenters. The Hall–Kier alpha value is -0.220. The van der Waals surface area contributed by atoms with Gasteiger partial charge in [0.1, 0.15) is 6.23 Å². The minimum Gasteiger partial charge on any atom is -0.377 e. The third-order valence-electron chi connectivity index (χ3n) is 3.26. The van der Waals surface area contributed by atoms with Crippen molar-refractivity contribution in [3.63, 3.8) is 0 Å². The average molecular weight is 286 g/mol. The summed E-state index contributed by atoms with van der Waals surface area (Å²) in [5, 5.41) is 11.0. The highest BCUT2D eigenvalue weighted by atomic mass is 35.5. The van der Waals surface area contributed by atoms with Crippen LogP contribution in [0.5, 0.6) is 0 Å². The van der Waals surface area contributed by atoms with Crippen molar-refractivity contribution in [2.24, 2.45) is 0 Å². The van der Waals surface area contributed by atoms with Crippen LogP contribution < -0.4 is 0 Å². The van der Waals surface area contributed by atoms with E-state index in [2.05, 4.69) is 4.90 Å². The highest BCUT2D eigenvalue weighted by Crippen LogP contribution is 2.23. The number of nitrogens with zero attached hydrogens (tertiary/aromatic N) is 1. The fraction of sp³-hybridized carbons (Fsp3) is 0.571. The number of benzene rings is 1. The lowest BCUT2D eigenvalue weighted by molar-refractivity contribution is 0.0252. The molecule has 18 heavy (non-hydrogen) atoms. The molecule has 1 aromatic carbocycles. The van der Waals surface area contributed by atoms with Crippen molar-refractivity contribution in [3.05, 3.63) is 29.3 Å². The first kappa shape index (κ1) is 14.2. The predicted octanol–water partition coefficient (Wildman–Crippen LogP) is 3.63. The number of thioether (sulfide) groups is 1. The molecular weight excluding hydrogens is 266 g/mol. The van der Waals surface area contributed by atoms with E-state index in [0.717, 1.165) is 23.0 Å². The first-order valence-corrected chi connectivity index (χ1v) is 7.92. The smallest absolute Gasteiger partial charge is 0.116 e. The lowest BCUT2D eigenvalue weighted by Crippen LogP contribution is -2.37. The number of aliphatic hydroxyl groups excluding tert-OH is 1. The number of rotatable bonds is 4. The quantitative estimate of drug-likeness (QED) is 0.855. The second-order valence-electron chi connectivity index (χ2n) is 4.70. The third-order valence-corrected chi connectivity index (χ3v) is 4.54. The summed E-state index contributed by atoms with van der Waals surface area (Å²) in [6.45, 7) is 2.05. The van der Waals surface area contributed by atoms with Crippen molar-refractivity contribution < 1.29 is 5.11 Å². The molecule has 4 heteroatoms. The van der Waals surface area contributed by atoms with E-state index in [4.69, 9.17) is 11.6 Å². The summed E-state index contributed by atoms with van der Waals surface area (Å²) in [5.41, 5.74) is 0. The Bertz CT molecular complexity index is 367. The molecule has 0 radical (unpaired) electrons. The summed E-state index contributed by atoms with van der Waals surface area (Å²) in [7, 11) is 0. The minimum atomic E-state index is -0.341. The van der Waals surface area contributed by atoms with Crippen LogP contribution in [0.1, 0.15) is 25.7 Å². The van der Waals surface area contributed by atoms with Crippen molar-refractivity contribution in [1.29, 1.82) is 0 Å². The maximum absolute atomic E-state index is 10.2. The normalized spacial score (nSPS) is 19.4. The molecule has 0 aliphatic carbocycles. The summed E-state index contributed by atoms with van der Waals surface area (Å²) in [4.78, 5) is 3.32. The Kier molecular flexibility index (Phi) is 5.83. The maximum Gasteiger partial charge on any atom is 0.116 e. The molecule has 1 aromatic rings. The second kappa shape index (κ2) is 7.39. The lowest BCUT2D eigenvalue weighted by atomic mass is 10.2. The molecule has 0 saturated carbocycles. The van der Waals surface area contributed by atoms with Crippen LogP contribution in [-0.2, 0) is 0 Å². The number of aliphatic hydroxyl groups is 1. The molecule has 1 aliphatic rings. The van der Waals surface area contributed by atoms with Gasteiger partial charge in [-0.2, -0.15) is 0 Å². The zero-order valence-electron chi connectivity index (χ0n) is 10.5. The molecule has 1 saturated heterocycles. The van der Waals surface area contributed by atoms with Gasteiger partial charge in [-0.25, -0.2) is 0 Å². The van der Waals surface area contributed by atoms with Crippen LogP contribution in [0.15, 0.2) is 29.2 Å². The second-order valence-corrected chi connectivity index (χ2v) is 6.23. The van der Waals surface area contributed by atoms with Crippen molar-refractivity contribution in [2.45, 2.75) is 36.8 Å². The molecule has 2 rings (SSSR count). The summed E-state index contributed by atoms with van der Waals surface area (Å²) >= 11 is 7.61. The molecule has 1 aliphatic heterocycles. The van der Waals surface area contributed by atoms with Crippen molar-refractivity contribution in [2.75, 3.05) is 18.8 Å². The van der Waals surface area contributed by atoms with Gasteiger partial charge >= 0.3 is 0 Å². The van der Waals surface area contributed by atoms with E-state index in [1.807, 2.05) is 24.3 Å². The van der Waals surface area contributed by atoms with Crippen LogP contribution in [0.3, 0.4) is 0 Å². The van der Waals surface area contributed by atoms with E-state index in [9.17, 15) is 5.11 Å². The van der Waals surface area contributed by atoms with E-state index < -0.39 is 0 Å². The van der Waals surface area contributed by atoms with E-state index in [1.165, 1.54) is 25.7 Å². The van der Waals surface area contributed by atoms with Gasteiger partial charge in [-0.1, -0.05) is 30.5 Å². The minimum absolute atomic E-state index is 0.341. The van der Waals surface area contributed by atoms with E-state index in [1.54, 1.807) is 11.8 Å². The number of hydrogen-bond donors (Lipinski definition) is 1. The molecule has 0 aromatic heterocycles. The van der Waals surface area contributed by atoms with Crippen LogP contribution in [0.4, 0.5) is 0 Å². The van der Waals surface area contributed by atoms with Crippen molar-refractivity contribution in [1.82, 2.24) is 4.90 Å². The Morgan fingerprint density at radius 2 is 1.94 bits per heavy atom. The fourth-order valence-corrected chi connectivity index (χ4v) is 3.42. The summed E-state index contributed by atoms with van der Waals surface area (Å²) in [6.07, 6.45) is 4.67. The number of hydrogen-bond acceptors (Lipinski definition) is 3. The fourth-order valence-electron chi connectivity index (χ4n) is 2.23. The van der Waals surface area contributed by atoms with Crippen LogP contribution in [0, 0.1) is 0 Å². The van der Waals surface area contributed by atoms with Gasteiger partial charge in [-0.3, -0.25) is 4.90 Å². The van der Waals surface area contributed by atoms with E-state index >= 15 is 0 Å². The van der Waals surface area contributed by atoms with Crippen molar-refractivity contribution in [3.8, 4) is 0 Å². The van der Waals surface area contributed by atoms with Gasteiger partial charge in [0.05, 0.1) is 0 Å². The SMILES string of the molecule is OC(CSc1cccc(Cl)c1)N1CCCCCC1. The molecule has 1 fully saturated rings. The Labute approximate surface area is 118 Å². The van der Waals surface area contributed by atoms with Crippen LogP contribution in [0.2, 0.25) is 5.02 Å². The highest BCUT2D eigenvalue weighted by Gasteiger charge is 2.17. The highest BCUT2D eigenvalue weighted by molar-refractivity contribution is 7.99. The Morgan fingerprint density at radius 1 is 1.22 bits per heavy atom. The number of halogens is 1. The summed E-state index contributed by atoms with van der Waals surface area (Å²) in [5.74, 6) is 0.709. The molecule has 1 N–H and O–H groups in total. The predicted molar refractivity (Wildman–Crippen MR) is 78.2 cm³/mol. The summed E-state index contributed by atoms with van der Waals surface area (Å²) < 4.78 is 0.